The largest absolute Gasteiger partial charge is 0.477 e. The molecule has 29 heavy (non-hydrogen) atoms. The van der Waals surface area contributed by atoms with Gasteiger partial charge in [-0.3, -0.25) is 9.59 Å². The molecule has 0 spiro atoms. The number of amides is 2. The van der Waals surface area contributed by atoms with Crippen molar-refractivity contribution in [3.05, 3.63) is 84.4 Å². The predicted octanol–water partition coefficient (Wildman–Crippen LogP) is 3.44. The minimum atomic E-state index is -0.723. The van der Waals surface area contributed by atoms with Crippen molar-refractivity contribution in [2.75, 3.05) is 18.5 Å². The fourth-order valence-corrected chi connectivity index (χ4v) is 3.48. The number of fused-ring (bicyclic) bond motifs is 1. The van der Waals surface area contributed by atoms with Gasteiger partial charge in [0.15, 0.2) is 6.10 Å². The van der Waals surface area contributed by atoms with Crippen LogP contribution in [0.1, 0.15) is 5.56 Å². The molecule has 5 heteroatoms. The van der Waals surface area contributed by atoms with Gasteiger partial charge in [-0.15, -0.1) is 0 Å². The number of likely N-dealkylation sites (N-methyl/N-ethyl adjacent to an activating group) is 1. The molecule has 3 aromatic rings. The number of nitrogens with zero attached hydrogens (tertiary/aromatic N) is 1. The fourth-order valence-electron chi connectivity index (χ4n) is 3.48. The fraction of sp³-hybridized carbons (Fsp3) is 0.167. The Morgan fingerprint density at radius 2 is 1.59 bits per heavy atom. The molecule has 0 aliphatic carbocycles. The highest BCUT2D eigenvalue weighted by Crippen LogP contribution is 2.33. The van der Waals surface area contributed by atoms with Crippen LogP contribution in [0.2, 0.25) is 0 Å². The summed E-state index contributed by atoms with van der Waals surface area (Å²) >= 11 is 0. The molecule has 0 saturated heterocycles. The summed E-state index contributed by atoms with van der Waals surface area (Å²) in [6.45, 7) is 0.192. The molecule has 1 heterocycles. The van der Waals surface area contributed by atoms with Gasteiger partial charge in [-0.2, -0.15) is 0 Å². The molecule has 1 aliphatic heterocycles. The molecule has 0 saturated carbocycles. The molecule has 4 rings (SSSR count). The van der Waals surface area contributed by atoms with E-state index in [1.165, 1.54) is 0 Å². The predicted molar refractivity (Wildman–Crippen MR) is 113 cm³/mol. The van der Waals surface area contributed by atoms with Crippen molar-refractivity contribution in [3.8, 4) is 16.9 Å². The van der Waals surface area contributed by atoms with Gasteiger partial charge in [0, 0.05) is 7.05 Å². The first-order valence-corrected chi connectivity index (χ1v) is 9.57. The van der Waals surface area contributed by atoms with E-state index in [1.807, 2.05) is 60.7 Å². The number of ether oxygens (including phenoxy) is 1. The maximum atomic E-state index is 13.1. The van der Waals surface area contributed by atoms with E-state index in [4.69, 9.17) is 4.74 Å². The number of carbonyl (C=O) groups is 2. The van der Waals surface area contributed by atoms with Gasteiger partial charge < -0.3 is 15.0 Å². The molecule has 1 N–H and O–H groups in total. The minimum Gasteiger partial charge on any atom is -0.477 e. The Bertz CT molecular complexity index is 1020. The Hall–Kier alpha value is -3.60. The van der Waals surface area contributed by atoms with E-state index in [9.17, 15) is 9.59 Å². The summed E-state index contributed by atoms with van der Waals surface area (Å²) in [6.07, 6.45) is -0.469. The average Bonchev–Trinajstić information content (AvgIpc) is 2.78. The third kappa shape index (κ3) is 3.99. The van der Waals surface area contributed by atoms with Crippen LogP contribution in [0.25, 0.3) is 11.1 Å². The van der Waals surface area contributed by atoms with E-state index in [0.717, 1.165) is 16.7 Å². The van der Waals surface area contributed by atoms with Gasteiger partial charge >= 0.3 is 0 Å². The van der Waals surface area contributed by atoms with Crippen LogP contribution in [0.5, 0.6) is 5.75 Å². The lowest BCUT2D eigenvalue weighted by Crippen LogP contribution is -2.50. The van der Waals surface area contributed by atoms with Gasteiger partial charge in [-0.1, -0.05) is 66.7 Å². The summed E-state index contributed by atoms with van der Waals surface area (Å²) in [5, 5.41) is 2.59. The number of hydrogen-bond acceptors (Lipinski definition) is 3. The highest BCUT2D eigenvalue weighted by molar-refractivity contribution is 5.98. The molecular formula is C24H22N2O3. The third-order valence-corrected chi connectivity index (χ3v) is 5.03. The van der Waals surface area contributed by atoms with Crippen molar-refractivity contribution in [1.29, 1.82) is 0 Å². The summed E-state index contributed by atoms with van der Waals surface area (Å²) < 4.78 is 5.77. The van der Waals surface area contributed by atoms with Crippen molar-refractivity contribution in [2.24, 2.45) is 0 Å². The molecule has 2 amide bonds. The average molecular weight is 386 g/mol. The number of benzene rings is 3. The monoisotopic (exact) mass is 386 g/mol. The number of rotatable bonds is 4. The number of para-hydroxylation sites is 2. The van der Waals surface area contributed by atoms with Crippen LogP contribution in [0.4, 0.5) is 5.69 Å². The second-order valence-electron chi connectivity index (χ2n) is 6.93. The van der Waals surface area contributed by atoms with Crippen LogP contribution in [0.3, 0.4) is 0 Å². The van der Waals surface area contributed by atoms with Crippen LogP contribution in [-0.4, -0.2) is 31.5 Å². The number of nitrogens with one attached hydrogen (secondary N) is 1. The first-order valence-electron chi connectivity index (χ1n) is 9.57. The van der Waals surface area contributed by atoms with Gasteiger partial charge in [-0.25, -0.2) is 0 Å². The quantitative estimate of drug-likeness (QED) is 0.747. The third-order valence-electron chi connectivity index (χ3n) is 5.03. The van der Waals surface area contributed by atoms with Crippen molar-refractivity contribution in [1.82, 2.24) is 5.32 Å². The lowest BCUT2D eigenvalue weighted by atomic mass is 10.0. The van der Waals surface area contributed by atoms with E-state index in [2.05, 4.69) is 17.4 Å². The lowest BCUT2D eigenvalue weighted by Gasteiger charge is -2.34. The Morgan fingerprint density at radius 3 is 2.31 bits per heavy atom. The summed E-state index contributed by atoms with van der Waals surface area (Å²) in [7, 11) is 1.56. The molecule has 5 nitrogen and oxygen atoms in total. The Balaban J connectivity index is 1.53. The molecule has 0 fully saturated rings. The topological polar surface area (TPSA) is 58.6 Å². The second-order valence-corrected chi connectivity index (χ2v) is 6.93. The minimum absolute atomic E-state index is 0.0675. The van der Waals surface area contributed by atoms with Crippen LogP contribution in [0, 0.1) is 0 Å². The molecule has 1 aliphatic rings. The zero-order valence-electron chi connectivity index (χ0n) is 16.2. The first kappa shape index (κ1) is 18.7. The van der Waals surface area contributed by atoms with E-state index in [-0.39, 0.29) is 24.8 Å². The van der Waals surface area contributed by atoms with Gasteiger partial charge in [0.1, 0.15) is 5.75 Å². The molecule has 3 aromatic carbocycles. The molecule has 0 unspecified atom stereocenters. The van der Waals surface area contributed by atoms with Crippen molar-refractivity contribution < 1.29 is 14.3 Å². The molecule has 0 bridgehead atoms. The van der Waals surface area contributed by atoms with Crippen LogP contribution < -0.4 is 15.0 Å². The zero-order valence-corrected chi connectivity index (χ0v) is 16.2. The van der Waals surface area contributed by atoms with E-state index in [1.54, 1.807) is 18.0 Å². The summed E-state index contributed by atoms with van der Waals surface area (Å²) in [6, 6.07) is 25.4. The Morgan fingerprint density at radius 1 is 0.931 bits per heavy atom. The lowest BCUT2D eigenvalue weighted by molar-refractivity contribution is -0.127. The Kier molecular flexibility index (Phi) is 5.29. The highest BCUT2D eigenvalue weighted by atomic mass is 16.5. The van der Waals surface area contributed by atoms with Gasteiger partial charge in [-0.05, 0) is 28.8 Å². The molecule has 0 aromatic heterocycles. The maximum absolute atomic E-state index is 13.1. The van der Waals surface area contributed by atoms with Gasteiger partial charge in [0.2, 0.25) is 5.91 Å². The normalized spacial score (nSPS) is 15.2. The standard InChI is InChI=1S/C24H22N2O3/c1-25-24(28)22-16-26(20-9-5-6-10-21(20)29-22)23(27)15-17-11-13-19(14-12-17)18-7-3-2-4-8-18/h2-14,22H,15-16H2,1H3,(H,25,28)/t22-/m0/s1. The first-order chi connectivity index (χ1) is 14.2. The van der Waals surface area contributed by atoms with Crippen molar-refractivity contribution in [3.63, 3.8) is 0 Å². The van der Waals surface area contributed by atoms with E-state index < -0.39 is 6.10 Å². The number of carbonyl (C=O) groups excluding carboxylic acids is 2. The van der Waals surface area contributed by atoms with E-state index >= 15 is 0 Å². The van der Waals surface area contributed by atoms with Crippen LogP contribution >= 0.6 is 0 Å². The molecule has 146 valence electrons. The van der Waals surface area contributed by atoms with Crippen LogP contribution in [-0.2, 0) is 16.0 Å². The molecule has 0 radical (unpaired) electrons. The molecule has 1 atom stereocenters. The number of hydrogen-bond donors (Lipinski definition) is 1. The summed E-state index contributed by atoms with van der Waals surface area (Å²) in [5.74, 6) is 0.228. The smallest absolute Gasteiger partial charge is 0.262 e. The van der Waals surface area contributed by atoms with E-state index in [0.29, 0.717) is 11.4 Å². The number of anilines is 1. The van der Waals surface area contributed by atoms with Crippen molar-refractivity contribution in [2.45, 2.75) is 12.5 Å². The highest BCUT2D eigenvalue weighted by Gasteiger charge is 2.33. The van der Waals surface area contributed by atoms with Gasteiger partial charge in [0.05, 0.1) is 18.7 Å². The SMILES string of the molecule is CNC(=O)[C@@H]1CN(C(=O)Cc2ccc(-c3ccccc3)cc2)c2ccccc2O1. The van der Waals surface area contributed by atoms with Crippen molar-refractivity contribution >= 4 is 17.5 Å². The zero-order chi connectivity index (χ0) is 20.2. The van der Waals surface area contributed by atoms with Gasteiger partial charge in [0.25, 0.3) is 5.91 Å². The maximum Gasteiger partial charge on any atom is 0.262 e. The second kappa shape index (κ2) is 8.19. The molecular weight excluding hydrogens is 364 g/mol. The Labute approximate surface area is 169 Å². The summed E-state index contributed by atoms with van der Waals surface area (Å²) in [5.41, 5.74) is 3.87. The summed E-state index contributed by atoms with van der Waals surface area (Å²) in [4.78, 5) is 26.8. The van der Waals surface area contributed by atoms with Crippen LogP contribution in [0.15, 0.2) is 78.9 Å².